The van der Waals surface area contributed by atoms with Gasteiger partial charge < -0.3 is 15.2 Å². The van der Waals surface area contributed by atoms with Crippen LogP contribution in [0.2, 0.25) is 0 Å². The fourth-order valence-corrected chi connectivity index (χ4v) is 1.73. The van der Waals surface area contributed by atoms with Crippen molar-refractivity contribution in [2.24, 2.45) is 0 Å². The zero-order valence-corrected chi connectivity index (χ0v) is 12.8. The van der Waals surface area contributed by atoms with Crippen molar-refractivity contribution in [2.75, 3.05) is 13.2 Å². The first kappa shape index (κ1) is 17.2. The zero-order valence-electron chi connectivity index (χ0n) is 12.8. The average molecular weight is 291 g/mol. The summed E-state index contributed by atoms with van der Waals surface area (Å²) in [5.41, 5.74) is 0.874. The third-order valence-electron chi connectivity index (χ3n) is 3.07. The van der Waals surface area contributed by atoms with Gasteiger partial charge in [-0.15, -0.1) is 0 Å². The lowest BCUT2D eigenvalue weighted by Crippen LogP contribution is -2.25. The molecule has 0 spiro atoms. The van der Waals surface area contributed by atoms with Gasteiger partial charge in [0.1, 0.15) is 5.75 Å². The number of phenolic OH excluding ortho intramolecular Hbond substituents is 1. The van der Waals surface area contributed by atoms with Gasteiger partial charge in [-0.3, -0.25) is 4.79 Å². The number of nitrogens with one attached hydrogen (secondary N) is 1. The standard InChI is InChI=1S/C17H25NO3/c1-3-4-13-21-14(2)11-12-18-17(20)10-7-15-5-8-16(19)9-6-15/h5-10,14,19H,3-4,11-13H2,1-2H3,(H,18,20)/b10-7+. The summed E-state index contributed by atoms with van der Waals surface area (Å²) in [4.78, 5) is 11.6. The van der Waals surface area contributed by atoms with E-state index >= 15 is 0 Å². The molecule has 1 amide bonds. The average Bonchev–Trinajstić information content (AvgIpc) is 2.47. The molecule has 4 nitrogen and oxygen atoms in total. The van der Waals surface area contributed by atoms with Crippen LogP contribution in [0.5, 0.6) is 5.75 Å². The minimum atomic E-state index is -0.121. The zero-order chi connectivity index (χ0) is 15.5. The van der Waals surface area contributed by atoms with E-state index in [-0.39, 0.29) is 17.8 Å². The van der Waals surface area contributed by atoms with Gasteiger partial charge in [0.15, 0.2) is 0 Å². The second-order valence-electron chi connectivity index (χ2n) is 5.04. The molecule has 2 N–H and O–H groups in total. The van der Waals surface area contributed by atoms with E-state index in [1.54, 1.807) is 30.3 Å². The highest BCUT2D eigenvalue weighted by molar-refractivity contribution is 5.91. The Kier molecular flexibility index (Phi) is 8.21. The van der Waals surface area contributed by atoms with Gasteiger partial charge in [0.2, 0.25) is 5.91 Å². The molecule has 4 heteroatoms. The van der Waals surface area contributed by atoms with Crippen molar-refractivity contribution in [1.29, 1.82) is 0 Å². The maximum Gasteiger partial charge on any atom is 0.244 e. The van der Waals surface area contributed by atoms with Crippen LogP contribution in [0.15, 0.2) is 30.3 Å². The van der Waals surface area contributed by atoms with E-state index < -0.39 is 0 Å². The lowest BCUT2D eigenvalue weighted by Gasteiger charge is -2.12. The highest BCUT2D eigenvalue weighted by Crippen LogP contribution is 2.10. The molecule has 1 rings (SSSR count). The van der Waals surface area contributed by atoms with Crippen molar-refractivity contribution in [3.63, 3.8) is 0 Å². The second-order valence-corrected chi connectivity index (χ2v) is 5.04. The smallest absolute Gasteiger partial charge is 0.244 e. The van der Waals surface area contributed by atoms with Gasteiger partial charge in [-0.05, 0) is 43.5 Å². The summed E-state index contributed by atoms with van der Waals surface area (Å²) in [5.74, 6) is 0.0949. The summed E-state index contributed by atoms with van der Waals surface area (Å²) >= 11 is 0. The summed E-state index contributed by atoms with van der Waals surface area (Å²) in [5, 5.41) is 12.0. The van der Waals surface area contributed by atoms with Gasteiger partial charge in [-0.1, -0.05) is 25.5 Å². The number of amides is 1. The van der Waals surface area contributed by atoms with Crippen molar-refractivity contribution >= 4 is 12.0 Å². The number of unbranched alkanes of at least 4 members (excludes halogenated alkanes) is 1. The molecule has 1 aromatic rings. The Bertz CT molecular complexity index is 440. The molecule has 1 atom stereocenters. The molecule has 0 heterocycles. The third kappa shape index (κ3) is 8.15. The summed E-state index contributed by atoms with van der Waals surface area (Å²) < 4.78 is 5.61. The molecule has 21 heavy (non-hydrogen) atoms. The largest absolute Gasteiger partial charge is 0.508 e. The van der Waals surface area contributed by atoms with Gasteiger partial charge in [-0.25, -0.2) is 0 Å². The second kappa shape index (κ2) is 10.00. The maximum absolute atomic E-state index is 11.6. The predicted octanol–water partition coefficient (Wildman–Crippen LogP) is 3.12. The maximum atomic E-state index is 11.6. The SMILES string of the molecule is CCCCOC(C)CCNC(=O)/C=C/c1ccc(O)cc1. The first-order valence-corrected chi connectivity index (χ1v) is 7.48. The van der Waals surface area contributed by atoms with Crippen molar-refractivity contribution in [2.45, 2.75) is 39.2 Å². The topological polar surface area (TPSA) is 58.6 Å². The van der Waals surface area contributed by atoms with Gasteiger partial charge in [0.05, 0.1) is 6.10 Å². The van der Waals surface area contributed by atoms with Crippen LogP contribution in [0.3, 0.4) is 0 Å². The fourth-order valence-electron chi connectivity index (χ4n) is 1.73. The molecular weight excluding hydrogens is 266 g/mol. The minimum absolute atomic E-state index is 0.121. The molecule has 0 radical (unpaired) electrons. The van der Waals surface area contributed by atoms with Crippen molar-refractivity contribution in [1.82, 2.24) is 5.32 Å². The molecule has 1 unspecified atom stereocenters. The normalized spacial score (nSPS) is 12.5. The molecule has 116 valence electrons. The first-order valence-electron chi connectivity index (χ1n) is 7.48. The Morgan fingerprint density at radius 3 is 2.76 bits per heavy atom. The van der Waals surface area contributed by atoms with Crippen molar-refractivity contribution in [3.8, 4) is 5.75 Å². The number of carbonyl (C=O) groups excluding carboxylic acids is 1. The molecule has 0 fully saturated rings. The lowest BCUT2D eigenvalue weighted by molar-refractivity contribution is -0.116. The van der Waals surface area contributed by atoms with Gasteiger partial charge in [-0.2, -0.15) is 0 Å². The number of aromatic hydroxyl groups is 1. The summed E-state index contributed by atoms with van der Waals surface area (Å²) in [6.45, 7) is 5.54. The number of rotatable bonds is 9. The molecule has 0 aliphatic heterocycles. The molecule has 1 aromatic carbocycles. The van der Waals surface area contributed by atoms with Crippen LogP contribution in [0, 0.1) is 0 Å². The highest BCUT2D eigenvalue weighted by Gasteiger charge is 2.02. The third-order valence-corrected chi connectivity index (χ3v) is 3.07. The van der Waals surface area contributed by atoms with E-state index in [2.05, 4.69) is 12.2 Å². The molecular formula is C17H25NO3. The van der Waals surface area contributed by atoms with E-state index in [9.17, 15) is 4.79 Å². The van der Waals surface area contributed by atoms with Crippen LogP contribution in [0.25, 0.3) is 6.08 Å². The van der Waals surface area contributed by atoms with Crippen LogP contribution in [-0.2, 0) is 9.53 Å². The molecule has 0 saturated heterocycles. The van der Waals surface area contributed by atoms with Gasteiger partial charge >= 0.3 is 0 Å². The predicted molar refractivity (Wildman–Crippen MR) is 85.1 cm³/mol. The summed E-state index contributed by atoms with van der Waals surface area (Å²) in [6, 6.07) is 6.69. The minimum Gasteiger partial charge on any atom is -0.508 e. The van der Waals surface area contributed by atoms with Crippen LogP contribution in [-0.4, -0.2) is 30.3 Å². The number of hydrogen-bond donors (Lipinski definition) is 2. The Balaban J connectivity index is 2.20. The van der Waals surface area contributed by atoms with E-state index in [1.165, 1.54) is 6.08 Å². The summed E-state index contributed by atoms with van der Waals surface area (Å²) in [6.07, 6.45) is 6.39. The number of carbonyl (C=O) groups is 1. The van der Waals surface area contributed by atoms with Gasteiger partial charge in [0, 0.05) is 19.2 Å². The number of phenols is 1. The van der Waals surface area contributed by atoms with E-state index in [0.29, 0.717) is 6.54 Å². The quantitative estimate of drug-likeness (QED) is 0.543. The Labute approximate surface area is 126 Å². The Hall–Kier alpha value is -1.81. The number of benzene rings is 1. The highest BCUT2D eigenvalue weighted by atomic mass is 16.5. The van der Waals surface area contributed by atoms with E-state index in [4.69, 9.17) is 9.84 Å². The van der Waals surface area contributed by atoms with Crippen molar-refractivity contribution in [3.05, 3.63) is 35.9 Å². The van der Waals surface area contributed by atoms with Crippen LogP contribution in [0.1, 0.15) is 38.7 Å². The van der Waals surface area contributed by atoms with Gasteiger partial charge in [0.25, 0.3) is 0 Å². The van der Waals surface area contributed by atoms with Crippen LogP contribution in [0.4, 0.5) is 0 Å². The van der Waals surface area contributed by atoms with Crippen molar-refractivity contribution < 1.29 is 14.6 Å². The monoisotopic (exact) mass is 291 g/mol. The Morgan fingerprint density at radius 1 is 1.38 bits per heavy atom. The molecule has 0 bridgehead atoms. The summed E-state index contributed by atoms with van der Waals surface area (Å²) in [7, 11) is 0. The lowest BCUT2D eigenvalue weighted by atomic mass is 10.2. The molecule has 0 aliphatic rings. The van der Waals surface area contributed by atoms with Crippen LogP contribution < -0.4 is 5.32 Å². The number of hydrogen-bond acceptors (Lipinski definition) is 3. The van der Waals surface area contributed by atoms with E-state index in [1.807, 2.05) is 6.92 Å². The Morgan fingerprint density at radius 2 is 2.10 bits per heavy atom. The fraction of sp³-hybridized carbons (Fsp3) is 0.471. The molecule has 0 aromatic heterocycles. The first-order chi connectivity index (χ1) is 10.1. The molecule has 0 saturated carbocycles. The van der Waals surface area contributed by atoms with Crippen LogP contribution >= 0.6 is 0 Å². The molecule has 0 aliphatic carbocycles. The van der Waals surface area contributed by atoms with E-state index in [0.717, 1.165) is 31.4 Å². The number of ether oxygens (including phenoxy) is 1.